The topological polar surface area (TPSA) is 92.5 Å². The maximum absolute atomic E-state index is 12.4. The molecule has 1 unspecified atom stereocenters. The summed E-state index contributed by atoms with van der Waals surface area (Å²) in [5, 5.41) is 0. The first-order valence-electron chi connectivity index (χ1n) is 8.00. The Morgan fingerprint density at radius 2 is 1.87 bits per heavy atom. The summed E-state index contributed by atoms with van der Waals surface area (Å²) < 4.78 is 27.0. The summed E-state index contributed by atoms with van der Waals surface area (Å²) in [4.78, 5) is 14.4. The van der Waals surface area contributed by atoms with E-state index in [9.17, 15) is 13.2 Å². The molecule has 1 fully saturated rings. The van der Waals surface area contributed by atoms with E-state index in [2.05, 4.69) is 4.72 Å². The van der Waals surface area contributed by atoms with E-state index in [1.807, 2.05) is 13.8 Å². The standard InChI is InChI=1S/C16H25N3O3S/c1-3-12(2)18-23(21,22)15-6-4-13(5-7-15)16(20)19-10-8-14(17)9-11-19/h4-7,12,14,18H,3,8-11,17H2,1-2H3. The SMILES string of the molecule is CCC(C)NS(=O)(=O)c1ccc(C(=O)N2CCC(N)CC2)cc1. The average Bonchev–Trinajstić information content (AvgIpc) is 2.54. The van der Waals surface area contributed by atoms with Crippen molar-refractivity contribution in [1.82, 2.24) is 9.62 Å². The monoisotopic (exact) mass is 339 g/mol. The predicted molar refractivity (Wildman–Crippen MR) is 89.6 cm³/mol. The number of amides is 1. The largest absolute Gasteiger partial charge is 0.339 e. The van der Waals surface area contributed by atoms with Crippen molar-refractivity contribution >= 4 is 15.9 Å². The number of rotatable bonds is 5. The van der Waals surface area contributed by atoms with Crippen molar-refractivity contribution in [3.8, 4) is 0 Å². The van der Waals surface area contributed by atoms with E-state index >= 15 is 0 Å². The molecule has 0 radical (unpaired) electrons. The maximum atomic E-state index is 12.4. The predicted octanol–water partition coefficient (Wildman–Crippen LogP) is 1.33. The minimum Gasteiger partial charge on any atom is -0.339 e. The molecule has 0 aromatic heterocycles. The lowest BCUT2D eigenvalue weighted by atomic mass is 10.1. The molecule has 0 spiro atoms. The van der Waals surface area contributed by atoms with Gasteiger partial charge in [0.2, 0.25) is 10.0 Å². The number of hydrogen-bond donors (Lipinski definition) is 2. The highest BCUT2D eigenvalue weighted by Crippen LogP contribution is 2.16. The molecule has 128 valence electrons. The van der Waals surface area contributed by atoms with Crippen LogP contribution in [-0.2, 0) is 10.0 Å². The number of hydrogen-bond acceptors (Lipinski definition) is 4. The lowest BCUT2D eigenvalue weighted by Crippen LogP contribution is -2.42. The molecule has 1 aliphatic rings. The van der Waals surface area contributed by atoms with Crippen LogP contribution in [0.2, 0.25) is 0 Å². The van der Waals surface area contributed by atoms with E-state index < -0.39 is 10.0 Å². The number of sulfonamides is 1. The van der Waals surface area contributed by atoms with E-state index in [4.69, 9.17) is 5.73 Å². The summed E-state index contributed by atoms with van der Waals surface area (Å²) in [6.45, 7) is 5.03. The molecule has 3 N–H and O–H groups in total. The highest BCUT2D eigenvalue weighted by Gasteiger charge is 2.22. The molecule has 7 heteroatoms. The molecule has 1 atom stereocenters. The molecular formula is C16H25N3O3S. The molecular weight excluding hydrogens is 314 g/mol. The summed E-state index contributed by atoms with van der Waals surface area (Å²) in [5.41, 5.74) is 6.35. The van der Waals surface area contributed by atoms with Gasteiger partial charge in [0.1, 0.15) is 0 Å². The summed E-state index contributed by atoms with van der Waals surface area (Å²) in [7, 11) is -3.54. The van der Waals surface area contributed by atoms with Crippen LogP contribution in [0.15, 0.2) is 29.2 Å². The number of nitrogens with two attached hydrogens (primary N) is 1. The van der Waals surface area contributed by atoms with Crippen molar-refractivity contribution in [2.75, 3.05) is 13.1 Å². The molecule has 6 nitrogen and oxygen atoms in total. The van der Waals surface area contributed by atoms with Crippen LogP contribution in [0.4, 0.5) is 0 Å². The molecule has 2 rings (SSSR count). The second-order valence-corrected chi connectivity index (χ2v) is 7.80. The number of carbonyl (C=O) groups excluding carboxylic acids is 1. The first kappa shape index (κ1) is 17.9. The number of piperidine rings is 1. The van der Waals surface area contributed by atoms with Gasteiger partial charge in [-0.05, 0) is 50.5 Å². The second-order valence-electron chi connectivity index (χ2n) is 6.08. The molecule has 1 aliphatic heterocycles. The van der Waals surface area contributed by atoms with Crippen LogP contribution in [0.1, 0.15) is 43.5 Å². The normalized spacial score (nSPS) is 18.0. The smallest absolute Gasteiger partial charge is 0.253 e. The Bertz CT molecular complexity index is 635. The Morgan fingerprint density at radius 3 is 2.39 bits per heavy atom. The number of carbonyl (C=O) groups is 1. The van der Waals surface area contributed by atoms with Crippen LogP contribution in [0.5, 0.6) is 0 Å². The Balaban J connectivity index is 2.08. The van der Waals surface area contributed by atoms with Gasteiger partial charge < -0.3 is 10.6 Å². The molecule has 1 saturated heterocycles. The van der Waals surface area contributed by atoms with Gasteiger partial charge in [0.05, 0.1) is 4.90 Å². The zero-order chi connectivity index (χ0) is 17.0. The van der Waals surface area contributed by atoms with Gasteiger partial charge in [-0.3, -0.25) is 4.79 Å². The maximum Gasteiger partial charge on any atom is 0.253 e. The molecule has 0 bridgehead atoms. The Kier molecular flexibility index (Phi) is 5.78. The third-order valence-corrected chi connectivity index (χ3v) is 5.81. The first-order chi connectivity index (χ1) is 10.8. The van der Waals surface area contributed by atoms with Crippen molar-refractivity contribution in [2.45, 2.75) is 50.1 Å². The van der Waals surface area contributed by atoms with Crippen LogP contribution in [0, 0.1) is 0 Å². The summed E-state index contributed by atoms with van der Waals surface area (Å²) in [5.74, 6) is -0.0734. The summed E-state index contributed by atoms with van der Waals surface area (Å²) in [6.07, 6.45) is 2.32. The Labute approximate surface area is 138 Å². The lowest BCUT2D eigenvalue weighted by molar-refractivity contribution is 0.0714. The molecule has 1 aromatic carbocycles. The number of nitrogens with one attached hydrogen (secondary N) is 1. The number of nitrogens with zero attached hydrogens (tertiary/aromatic N) is 1. The molecule has 1 heterocycles. The van der Waals surface area contributed by atoms with Crippen molar-refractivity contribution in [2.24, 2.45) is 5.73 Å². The van der Waals surface area contributed by atoms with Crippen LogP contribution in [-0.4, -0.2) is 44.4 Å². The minimum absolute atomic E-state index is 0.0734. The van der Waals surface area contributed by atoms with Gasteiger partial charge in [0.15, 0.2) is 0 Å². The van der Waals surface area contributed by atoms with E-state index in [1.54, 1.807) is 17.0 Å². The van der Waals surface area contributed by atoms with E-state index in [1.165, 1.54) is 12.1 Å². The van der Waals surface area contributed by atoms with E-state index in [0.717, 1.165) is 12.8 Å². The lowest BCUT2D eigenvalue weighted by Gasteiger charge is -2.30. The molecule has 0 aliphatic carbocycles. The Hall–Kier alpha value is -1.44. The van der Waals surface area contributed by atoms with Gasteiger partial charge in [-0.2, -0.15) is 0 Å². The molecule has 0 saturated carbocycles. The Morgan fingerprint density at radius 1 is 1.30 bits per heavy atom. The third kappa shape index (κ3) is 4.53. The number of benzene rings is 1. The zero-order valence-electron chi connectivity index (χ0n) is 13.7. The van der Waals surface area contributed by atoms with Crippen molar-refractivity contribution in [3.05, 3.63) is 29.8 Å². The van der Waals surface area contributed by atoms with E-state index in [-0.39, 0.29) is 22.9 Å². The van der Waals surface area contributed by atoms with Crippen molar-refractivity contribution in [1.29, 1.82) is 0 Å². The fourth-order valence-corrected chi connectivity index (χ4v) is 3.80. The van der Waals surface area contributed by atoms with Crippen LogP contribution in [0.3, 0.4) is 0 Å². The highest BCUT2D eigenvalue weighted by atomic mass is 32.2. The fraction of sp³-hybridized carbons (Fsp3) is 0.562. The molecule has 1 amide bonds. The van der Waals surface area contributed by atoms with Gasteiger partial charge >= 0.3 is 0 Å². The minimum atomic E-state index is -3.54. The average molecular weight is 339 g/mol. The summed E-state index contributed by atoms with van der Waals surface area (Å²) >= 11 is 0. The first-order valence-corrected chi connectivity index (χ1v) is 9.49. The zero-order valence-corrected chi connectivity index (χ0v) is 14.5. The second kappa shape index (κ2) is 7.42. The van der Waals surface area contributed by atoms with Crippen molar-refractivity contribution in [3.63, 3.8) is 0 Å². The van der Waals surface area contributed by atoms with Crippen LogP contribution >= 0.6 is 0 Å². The quantitative estimate of drug-likeness (QED) is 0.846. The van der Waals surface area contributed by atoms with Gasteiger partial charge in [0, 0.05) is 30.7 Å². The van der Waals surface area contributed by atoms with Gasteiger partial charge in [0.25, 0.3) is 5.91 Å². The highest BCUT2D eigenvalue weighted by molar-refractivity contribution is 7.89. The van der Waals surface area contributed by atoms with Gasteiger partial charge in [-0.1, -0.05) is 6.92 Å². The van der Waals surface area contributed by atoms with E-state index in [0.29, 0.717) is 25.1 Å². The third-order valence-electron chi connectivity index (χ3n) is 4.21. The van der Waals surface area contributed by atoms with Crippen LogP contribution < -0.4 is 10.5 Å². The van der Waals surface area contributed by atoms with Gasteiger partial charge in [-0.25, -0.2) is 13.1 Å². The summed E-state index contributed by atoms with van der Waals surface area (Å²) in [6, 6.07) is 6.14. The van der Waals surface area contributed by atoms with Crippen LogP contribution in [0.25, 0.3) is 0 Å². The molecule has 1 aromatic rings. The fourth-order valence-electron chi connectivity index (χ4n) is 2.48. The van der Waals surface area contributed by atoms with Gasteiger partial charge in [-0.15, -0.1) is 0 Å². The van der Waals surface area contributed by atoms with Crippen molar-refractivity contribution < 1.29 is 13.2 Å². The molecule has 23 heavy (non-hydrogen) atoms. The number of likely N-dealkylation sites (tertiary alicyclic amines) is 1.